The van der Waals surface area contributed by atoms with Gasteiger partial charge in [-0.15, -0.1) is 0 Å². The summed E-state index contributed by atoms with van der Waals surface area (Å²) in [5, 5.41) is 12.3. The first kappa shape index (κ1) is 14.3. The standard InChI is InChI=1S/C16H11N3O5/c1-17-13-8-9(19(22)23)6-7-11(13)16(24-17)18-12-5-3-2-4-10(12)14(20)15(18)21/h2-8,16H,1H3. The molecule has 0 saturated heterocycles. The van der Waals surface area contributed by atoms with Gasteiger partial charge in [0.1, 0.15) is 0 Å². The van der Waals surface area contributed by atoms with E-state index in [9.17, 15) is 19.7 Å². The molecule has 2 aliphatic rings. The summed E-state index contributed by atoms with van der Waals surface area (Å²) >= 11 is 0. The van der Waals surface area contributed by atoms with Gasteiger partial charge >= 0.3 is 5.91 Å². The highest BCUT2D eigenvalue weighted by Crippen LogP contribution is 2.44. The van der Waals surface area contributed by atoms with Crippen LogP contribution in [0.2, 0.25) is 0 Å². The molecule has 0 aliphatic carbocycles. The maximum atomic E-state index is 12.4. The van der Waals surface area contributed by atoms with Crippen molar-refractivity contribution >= 4 is 28.8 Å². The number of hydrogen-bond acceptors (Lipinski definition) is 6. The van der Waals surface area contributed by atoms with Gasteiger partial charge in [-0.3, -0.25) is 29.7 Å². The predicted octanol–water partition coefficient (Wildman–Crippen LogP) is 2.20. The van der Waals surface area contributed by atoms with Crippen molar-refractivity contribution in [2.24, 2.45) is 0 Å². The molecule has 0 radical (unpaired) electrons. The molecule has 4 rings (SSSR count). The van der Waals surface area contributed by atoms with Gasteiger partial charge in [0.05, 0.1) is 21.9 Å². The quantitative estimate of drug-likeness (QED) is 0.477. The van der Waals surface area contributed by atoms with E-state index in [4.69, 9.17) is 4.84 Å². The number of nitrogens with zero attached hydrogens (tertiary/aromatic N) is 3. The summed E-state index contributed by atoms with van der Waals surface area (Å²) in [6.07, 6.45) is -0.842. The number of amides is 1. The molecular weight excluding hydrogens is 314 g/mol. The molecule has 8 heteroatoms. The average molecular weight is 325 g/mol. The van der Waals surface area contributed by atoms with E-state index >= 15 is 0 Å². The fraction of sp³-hybridized carbons (Fsp3) is 0.125. The number of rotatable bonds is 2. The topological polar surface area (TPSA) is 93.0 Å². The molecule has 0 fully saturated rings. The Labute approximate surface area is 135 Å². The smallest absolute Gasteiger partial charge is 0.283 e. The molecule has 0 saturated carbocycles. The minimum absolute atomic E-state index is 0.0749. The first-order valence-electron chi connectivity index (χ1n) is 7.15. The number of nitro groups is 1. The lowest BCUT2D eigenvalue weighted by molar-refractivity contribution is -0.384. The van der Waals surface area contributed by atoms with E-state index in [1.54, 1.807) is 37.4 Å². The normalized spacial score (nSPS) is 18.8. The fourth-order valence-electron chi connectivity index (χ4n) is 3.02. The summed E-state index contributed by atoms with van der Waals surface area (Å²) < 4.78 is 0. The van der Waals surface area contributed by atoms with Crippen LogP contribution in [0.5, 0.6) is 0 Å². The SMILES string of the molecule is CN1OC(N2C(=O)C(=O)c3ccccc32)c2ccc([N+](=O)[O-])cc21. The second-order valence-corrected chi connectivity index (χ2v) is 5.48. The molecule has 1 atom stereocenters. The molecule has 0 bridgehead atoms. The van der Waals surface area contributed by atoms with E-state index in [-0.39, 0.29) is 5.69 Å². The van der Waals surface area contributed by atoms with Gasteiger partial charge in [0.25, 0.3) is 11.5 Å². The Hall–Kier alpha value is -3.26. The zero-order chi connectivity index (χ0) is 17.0. The van der Waals surface area contributed by atoms with Crippen LogP contribution in [-0.2, 0) is 9.63 Å². The van der Waals surface area contributed by atoms with Crippen LogP contribution < -0.4 is 9.96 Å². The second-order valence-electron chi connectivity index (χ2n) is 5.48. The van der Waals surface area contributed by atoms with E-state index in [1.807, 2.05) is 0 Å². The number of para-hydroxylation sites is 1. The predicted molar refractivity (Wildman–Crippen MR) is 83.6 cm³/mol. The number of non-ortho nitro benzene ring substituents is 1. The van der Waals surface area contributed by atoms with Crippen LogP contribution >= 0.6 is 0 Å². The highest BCUT2D eigenvalue weighted by molar-refractivity contribution is 6.52. The van der Waals surface area contributed by atoms with Crippen LogP contribution in [0.3, 0.4) is 0 Å². The van der Waals surface area contributed by atoms with Crippen LogP contribution in [0.25, 0.3) is 0 Å². The van der Waals surface area contributed by atoms with Crippen molar-refractivity contribution in [3.05, 3.63) is 63.7 Å². The Kier molecular flexibility index (Phi) is 2.91. The van der Waals surface area contributed by atoms with Crippen molar-refractivity contribution in [1.29, 1.82) is 0 Å². The van der Waals surface area contributed by atoms with Gasteiger partial charge in [-0.25, -0.2) is 4.84 Å². The number of benzene rings is 2. The van der Waals surface area contributed by atoms with E-state index in [0.29, 0.717) is 22.5 Å². The van der Waals surface area contributed by atoms with Gasteiger partial charge in [-0.05, 0) is 18.2 Å². The van der Waals surface area contributed by atoms with Crippen LogP contribution in [0, 0.1) is 10.1 Å². The number of Topliss-reactive ketones (excluding diaryl/α,β-unsaturated/α-hetero) is 1. The Morgan fingerprint density at radius 3 is 2.62 bits per heavy atom. The first-order valence-corrected chi connectivity index (χ1v) is 7.15. The lowest BCUT2D eigenvalue weighted by Gasteiger charge is -2.23. The molecule has 2 aromatic carbocycles. The summed E-state index contributed by atoms with van der Waals surface area (Å²) in [5.74, 6) is -1.27. The van der Waals surface area contributed by atoms with Crippen molar-refractivity contribution in [3.8, 4) is 0 Å². The molecule has 2 heterocycles. The highest BCUT2D eigenvalue weighted by Gasteiger charge is 2.45. The third-order valence-electron chi connectivity index (χ3n) is 4.14. The van der Waals surface area contributed by atoms with Crippen LogP contribution in [0.15, 0.2) is 42.5 Å². The molecule has 8 nitrogen and oxygen atoms in total. The molecule has 0 N–H and O–H groups in total. The summed E-state index contributed by atoms with van der Waals surface area (Å²) in [5.41, 5.74) is 1.79. The highest BCUT2D eigenvalue weighted by atomic mass is 16.7. The van der Waals surface area contributed by atoms with Gasteiger partial charge in [0, 0.05) is 24.7 Å². The zero-order valence-electron chi connectivity index (χ0n) is 12.5. The van der Waals surface area contributed by atoms with Gasteiger partial charge < -0.3 is 0 Å². The van der Waals surface area contributed by atoms with Crippen LogP contribution in [-0.4, -0.2) is 23.7 Å². The maximum absolute atomic E-state index is 12.4. The fourth-order valence-corrected chi connectivity index (χ4v) is 3.02. The third-order valence-corrected chi connectivity index (χ3v) is 4.14. The van der Waals surface area contributed by atoms with Crippen molar-refractivity contribution in [3.63, 3.8) is 0 Å². The van der Waals surface area contributed by atoms with Crippen molar-refractivity contribution in [2.75, 3.05) is 17.0 Å². The largest absolute Gasteiger partial charge is 0.301 e. The van der Waals surface area contributed by atoms with E-state index in [2.05, 4.69) is 0 Å². The lowest BCUT2D eigenvalue weighted by Crippen LogP contribution is -2.35. The summed E-state index contributed by atoms with van der Waals surface area (Å²) in [6, 6.07) is 10.9. The number of hydroxylamine groups is 1. The number of carbonyl (C=O) groups excluding carboxylic acids is 2. The molecule has 0 spiro atoms. The number of hydrogen-bond donors (Lipinski definition) is 0. The number of nitro benzene ring substituents is 1. The van der Waals surface area contributed by atoms with Gasteiger partial charge in [-0.1, -0.05) is 12.1 Å². The zero-order valence-corrected chi connectivity index (χ0v) is 12.5. The lowest BCUT2D eigenvalue weighted by atomic mass is 10.1. The number of fused-ring (bicyclic) bond motifs is 2. The monoisotopic (exact) mass is 325 g/mol. The number of ketones is 1. The molecule has 120 valence electrons. The van der Waals surface area contributed by atoms with Crippen LogP contribution in [0.4, 0.5) is 17.1 Å². The Bertz CT molecular complexity index is 910. The molecular formula is C16H11N3O5. The Morgan fingerprint density at radius 1 is 1.12 bits per heavy atom. The number of anilines is 2. The van der Waals surface area contributed by atoms with Gasteiger partial charge in [0.2, 0.25) is 0 Å². The second kappa shape index (κ2) is 4.87. The van der Waals surface area contributed by atoms with Gasteiger partial charge in [0.15, 0.2) is 6.23 Å². The first-order chi connectivity index (χ1) is 11.5. The third kappa shape index (κ3) is 1.83. The van der Waals surface area contributed by atoms with Crippen molar-refractivity contribution in [2.45, 2.75) is 6.23 Å². The summed E-state index contributed by atoms with van der Waals surface area (Å²) in [7, 11) is 1.59. The molecule has 24 heavy (non-hydrogen) atoms. The molecule has 2 aromatic rings. The minimum atomic E-state index is -0.842. The maximum Gasteiger partial charge on any atom is 0.301 e. The summed E-state index contributed by atoms with van der Waals surface area (Å²) in [6.45, 7) is 0. The van der Waals surface area contributed by atoms with Crippen molar-refractivity contribution < 1.29 is 19.3 Å². The van der Waals surface area contributed by atoms with E-state index in [0.717, 1.165) is 0 Å². The molecule has 2 aliphatic heterocycles. The minimum Gasteiger partial charge on any atom is -0.283 e. The molecule has 1 amide bonds. The summed E-state index contributed by atoms with van der Waals surface area (Å²) in [4.78, 5) is 42.0. The van der Waals surface area contributed by atoms with Crippen LogP contribution in [0.1, 0.15) is 22.1 Å². The van der Waals surface area contributed by atoms with E-state index in [1.165, 1.54) is 22.1 Å². The number of carbonyl (C=O) groups is 2. The molecule has 1 unspecified atom stereocenters. The van der Waals surface area contributed by atoms with Gasteiger partial charge in [-0.2, -0.15) is 0 Å². The average Bonchev–Trinajstić information content (AvgIpc) is 3.03. The molecule has 0 aromatic heterocycles. The Balaban J connectivity index is 1.82. The van der Waals surface area contributed by atoms with E-state index < -0.39 is 22.8 Å². The van der Waals surface area contributed by atoms with Crippen molar-refractivity contribution in [1.82, 2.24) is 0 Å². The Morgan fingerprint density at radius 2 is 1.88 bits per heavy atom.